The molecule has 0 saturated carbocycles. The van der Waals surface area contributed by atoms with Crippen molar-refractivity contribution >= 4 is 11.6 Å². The summed E-state index contributed by atoms with van der Waals surface area (Å²) in [6.45, 7) is 4.33. The predicted molar refractivity (Wildman–Crippen MR) is 93.1 cm³/mol. The third-order valence-corrected chi connectivity index (χ3v) is 3.68. The van der Waals surface area contributed by atoms with Crippen LogP contribution in [0.5, 0.6) is 11.5 Å². The van der Waals surface area contributed by atoms with Gasteiger partial charge in [-0.2, -0.15) is 0 Å². The van der Waals surface area contributed by atoms with Gasteiger partial charge >= 0.3 is 5.69 Å². The van der Waals surface area contributed by atoms with E-state index in [0.717, 1.165) is 11.3 Å². The molecular formula is C18H20N2O5. The Morgan fingerprint density at radius 2 is 1.92 bits per heavy atom. The van der Waals surface area contributed by atoms with E-state index >= 15 is 0 Å². The van der Waals surface area contributed by atoms with Crippen molar-refractivity contribution in [2.75, 3.05) is 13.7 Å². The Hall–Kier alpha value is -3.09. The Morgan fingerprint density at radius 1 is 1.24 bits per heavy atom. The number of hydrogen-bond acceptors (Lipinski definition) is 5. The lowest BCUT2D eigenvalue weighted by Gasteiger charge is -2.15. The number of benzene rings is 2. The molecule has 0 aliphatic heterocycles. The maximum absolute atomic E-state index is 12.4. The molecule has 132 valence electrons. The van der Waals surface area contributed by atoms with E-state index in [0.29, 0.717) is 6.61 Å². The van der Waals surface area contributed by atoms with Crippen LogP contribution in [0, 0.1) is 10.1 Å². The molecule has 0 fully saturated rings. The van der Waals surface area contributed by atoms with Gasteiger partial charge in [-0.1, -0.05) is 12.1 Å². The van der Waals surface area contributed by atoms with Gasteiger partial charge in [-0.3, -0.25) is 14.9 Å². The number of amides is 1. The van der Waals surface area contributed by atoms with Gasteiger partial charge in [0, 0.05) is 11.6 Å². The van der Waals surface area contributed by atoms with E-state index in [9.17, 15) is 14.9 Å². The Bertz CT molecular complexity index is 759. The number of nitrogens with zero attached hydrogens (tertiary/aromatic N) is 1. The second-order valence-electron chi connectivity index (χ2n) is 5.34. The van der Waals surface area contributed by atoms with Crippen LogP contribution in [0.4, 0.5) is 5.69 Å². The van der Waals surface area contributed by atoms with Crippen LogP contribution in [-0.4, -0.2) is 24.5 Å². The van der Waals surface area contributed by atoms with Crippen LogP contribution >= 0.6 is 0 Å². The fraction of sp³-hybridized carbons (Fsp3) is 0.278. The van der Waals surface area contributed by atoms with Crippen LogP contribution in [0.2, 0.25) is 0 Å². The van der Waals surface area contributed by atoms with Gasteiger partial charge in [-0.25, -0.2) is 0 Å². The molecular weight excluding hydrogens is 324 g/mol. The summed E-state index contributed by atoms with van der Waals surface area (Å²) in [6, 6.07) is 11.3. The van der Waals surface area contributed by atoms with Crippen LogP contribution in [-0.2, 0) is 0 Å². The Morgan fingerprint density at radius 3 is 2.48 bits per heavy atom. The standard InChI is InChI=1S/C18H20N2O5/c1-4-25-15-8-5-13(6-9-15)12(2)19-18(21)14-7-10-17(24-3)16(11-14)20(22)23/h5-12H,4H2,1-3H3,(H,19,21). The molecule has 0 aliphatic rings. The van der Waals surface area contributed by atoms with Crippen molar-refractivity contribution in [3.05, 3.63) is 63.7 Å². The molecule has 7 heteroatoms. The van der Waals surface area contributed by atoms with Gasteiger partial charge in [0.2, 0.25) is 0 Å². The first-order valence-corrected chi connectivity index (χ1v) is 7.82. The van der Waals surface area contributed by atoms with Gasteiger partial charge in [-0.05, 0) is 43.7 Å². The first-order valence-electron chi connectivity index (χ1n) is 7.82. The third kappa shape index (κ3) is 4.47. The average Bonchev–Trinajstić information content (AvgIpc) is 2.61. The van der Waals surface area contributed by atoms with E-state index in [4.69, 9.17) is 9.47 Å². The second kappa shape index (κ2) is 8.14. The molecule has 1 amide bonds. The van der Waals surface area contributed by atoms with Crippen molar-refractivity contribution in [2.24, 2.45) is 0 Å². The summed E-state index contributed by atoms with van der Waals surface area (Å²) in [5.74, 6) is 0.476. The number of hydrogen-bond donors (Lipinski definition) is 1. The summed E-state index contributed by atoms with van der Waals surface area (Å²) in [5, 5.41) is 13.9. The highest BCUT2D eigenvalue weighted by Gasteiger charge is 2.19. The number of carbonyl (C=O) groups excluding carboxylic acids is 1. The predicted octanol–water partition coefficient (Wildman–Crippen LogP) is 3.49. The van der Waals surface area contributed by atoms with Crippen LogP contribution < -0.4 is 14.8 Å². The van der Waals surface area contributed by atoms with Crippen LogP contribution in [0.3, 0.4) is 0 Å². The Kier molecular flexibility index (Phi) is 5.94. The van der Waals surface area contributed by atoms with E-state index in [-0.39, 0.29) is 23.0 Å². The zero-order valence-corrected chi connectivity index (χ0v) is 14.3. The van der Waals surface area contributed by atoms with E-state index < -0.39 is 10.8 Å². The number of nitro groups is 1. The first-order chi connectivity index (χ1) is 12.0. The molecule has 7 nitrogen and oxygen atoms in total. The molecule has 1 N–H and O–H groups in total. The molecule has 0 radical (unpaired) electrons. The molecule has 2 aromatic rings. The maximum atomic E-state index is 12.4. The fourth-order valence-corrected chi connectivity index (χ4v) is 2.36. The lowest BCUT2D eigenvalue weighted by molar-refractivity contribution is -0.385. The first kappa shape index (κ1) is 18.3. The minimum Gasteiger partial charge on any atom is -0.494 e. The number of rotatable bonds is 7. The molecule has 25 heavy (non-hydrogen) atoms. The fourth-order valence-electron chi connectivity index (χ4n) is 2.36. The zero-order chi connectivity index (χ0) is 18.4. The number of carbonyl (C=O) groups is 1. The Labute approximate surface area is 145 Å². The largest absolute Gasteiger partial charge is 0.494 e. The minimum absolute atomic E-state index is 0.112. The Balaban J connectivity index is 2.13. The molecule has 1 unspecified atom stereocenters. The van der Waals surface area contributed by atoms with Crippen molar-refractivity contribution in [1.82, 2.24) is 5.32 Å². The molecule has 0 aliphatic carbocycles. The molecule has 0 saturated heterocycles. The van der Waals surface area contributed by atoms with Gasteiger partial charge < -0.3 is 14.8 Å². The molecule has 0 bridgehead atoms. The topological polar surface area (TPSA) is 90.7 Å². The SMILES string of the molecule is CCOc1ccc(C(C)NC(=O)c2ccc(OC)c([N+](=O)[O-])c2)cc1. The van der Waals surface area contributed by atoms with E-state index in [1.54, 1.807) is 0 Å². The van der Waals surface area contributed by atoms with E-state index in [1.165, 1.54) is 25.3 Å². The number of methoxy groups -OCH3 is 1. The second-order valence-corrected chi connectivity index (χ2v) is 5.34. The number of nitro benzene ring substituents is 1. The van der Waals surface area contributed by atoms with Crippen LogP contribution in [0.15, 0.2) is 42.5 Å². The summed E-state index contributed by atoms with van der Waals surface area (Å²) >= 11 is 0. The highest BCUT2D eigenvalue weighted by molar-refractivity contribution is 5.95. The molecule has 2 aromatic carbocycles. The molecule has 2 rings (SSSR count). The maximum Gasteiger partial charge on any atom is 0.311 e. The normalized spacial score (nSPS) is 11.5. The van der Waals surface area contributed by atoms with Crippen molar-refractivity contribution in [1.29, 1.82) is 0 Å². The molecule has 1 atom stereocenters. The molecule has 0 aromatic heterocycles. The van der Waals surface area contributed by atoms with Gasteiger partial charge in [0.25, 0.3) is 5.91 Å². The van der Waals surface area contributed by atoms with Crippen molar-refractivity contribution in [2.45, 2.75) is 19.9 Å². The summed E-state index contributed by atoms with van der Waals surface area (Å²) < 4.78 is 10.3. The number of ether oxygens (including phenoxy) is 2. The minimum atomic E-state index is -0.578. The third-order valence-electron chi connectivity index (χ3n) is 3.68. The van der Waals surface area contributed by atoms with Crippen LogP contribution in [0.25, 0.3) is 0 Å². The van der Waals surface area contributed by atoms with Crippen molar-refractivity contribution < 1.29 is 19.2 Å². The van der Waals surface area contributed by atoms with E-state index in [2.05, 4.69) is 5.32 Å². The van der Waals surface area contributed by atoms with Crippen LogP contribution in [0.1, 0.15) is 35.8 Å². The summed E-state index contributed by atoms with van der Waals surface area (Å²) in [4.78, 5) is 22.9. The molecule has 0 spiro atoms. The lowest BCUT2D eigenvalue weighted by Crippen LogP contribution is -2.26. The van der Waals surface area contributed by atoms with Crippen molar-refractivity contribution in [3.8, 4) is 11.5 Å². The van der Waals surface area contributed by atoms with Gasteiger partial charge in [0.1, 0.15) is 5.75 Å². The van der Waals surface area contributed by atoms with Crippen molar-refractivity contribution in [3.63, 3.8) is 0 Å². The lowest BCUT2D eigenvalue weighted by atomic mass is 10.1. The highest BCUT2D eigenvalue weighted by atomic mass is 16.6. The summed E-state index contributed by atoms with van der Waals surface area (Å²) in [6.07, 6.45) is 0. The zero-order valence-electron chi connectivity index (χ0n) is 14.3. The summed E-state index contributed by atoms with van der Waals surface area (Å²) in [7, 11) is 1.34. The monoisotopic (exact) mass is 344 g/mol. The van der Waals surface area contributed by atoms with E-state index in [1.807, 2.05) is 38.1 Å². The van der Waals surface area contributed by atoms with Gasteiger partial charge in [0.05, 0.1) is 24.7 Å². The molecule has 0 heterocycles. The quantitative estimate of drug-likeness (QED) is 0.613. The smallest absolute Gasteiger partial charge is 0.311 e. The van der Waals surface area contributed by atoms with Gasteiger partial charge in [0.15, 0.2) is 5.75 Å². The number of nitrogens with one attached hydrogen (secondary N) is 1. The summed E-state index contributed by atoms with van der Waals surface area (Å²) in [5.41, 5.74) is 0.856. The highest BCUT2D eigenvalue weighted by Crippen LogP contribution is 2.27. The average molecular weight is 344 g/mol. The van der Waals surface area contributed by atoms with Gasteiger partial charge in [-0.15, -0.1) is 0 Å².